The van der Waals surface area contributed by atoms with Gasteiger partial charge < -0.3 is 9.84 Å². The molecule has 2 aliphatic heterocycles. The van der Waals surface area contributed by atoms with Gasteiger partial charge in [0.2, 0.25) is 0 Å². The number of carbonyl (C=O) groups is 2. The zero-order chi connectivity index (χ0) is 22.2. The number of ether oxygens (including phenoxy) is 1. The van der Waals surface area contributed by atoms with Gasteiger partial charge in [-0.2, -0.15) is 0 Å². The summed E-state index contributed by atoms with van der Waals surface area (Å²) in [6.07, 6.45) is 0.0454. The summed E-state index contributed by atoms with van der Waals surface area (Å²) in [5.41, 5.74) is 0.311. The fourth-order valence-electron chi connectivity index (χ4n) is 3.82. The van der Waals surface area contributed by atoms with Gasteiger partial charge in [-0.15, -0.1) is 11.3 Å². The third-order valence-electron chi connectivity index (χ3n) is 6.13. The van der Waals surface area contributed by atoms with Gasteiger partial charge in [-0.05, 0) is 18.8 Å². The largest absolute Gasteiger partial charge is 0.465 e. The highest BCUT2D eigenvalue weighted by Crippen LogP contribution is 2.36. The predicted molar refractivity (Wildman–Crippen MR) is 112 cm³/mol. The second-order valence-corrected chi connectivity index (χ2v) is 10.0. The molecule has 3 heterocycles. The van der Waals surface area contributed by atoms with Crippen molar-refractivity contribution in [3.63, 3.8) is 0 Å². The van der Waals surface area contributed by atoms with Crippen LogP contribution in [-0.4, -0.2) is 89.0 Å². The van der Waals surface area contributed by atoms with Crippen molar-refractivity contribution in [3.05, 3.63) is 16.1 Å². The quantitative estimate of drug-likeness (QED) is 0.703. The SMILES string of the molecule is CON(C)C(=O)c1csc([C@@H]2CN3C[C@H](OC(C)C(C)(C)C)C[C@@H]3CN2C(=O)O)n1. The van der Waals surface area contributed by atoms with E-state index in [0.29, 0.717) is 18.1 Å². The first-order valence-electron chi connectivity index (χ1n) is 10.2. The molecule has 1 aromatic rings. The van der Waals surface area contributed by atoms with Gasteiger partial charge in [0.15, 0.2) is 0 Å². The molecule has 30 heavy (non-hydrogen) atoms. The van der Waals surface area contributed by atoms with Gasteiger partial charge in [-0.3, -0.25) is 19.4 Å². The van der Waals surface area contributed by atoms with Gasteiger partial charge in [-0.25, -0.2) is 14.8 Å². The topological polar surface area (TPSA) is 95.4 Å². The van der Waals surface area contributed by atoms with Crippen LogP contribution in [0.3, 0.4) is 0 Å². The van der Waals surface area contributed by atoms with Crippen LogP contribution < -0.4 is 0 Å². The second kappa shape index (κ2) is 8.78. The number of nitrogens with zero attached hydrogens (tertiary/aromatic N) is 4. The fraction of sp³-hybridized carbons (Fsp3) is 0.750. The summed E-state index contributed by atoms with van der Waals surface area (Å²) in [6.45, 7) is 10.3. The molecule has 168 valence electrons. The van der Waals surface area contributed by atoms with E-state index >= 15 is 0 Å². The maximum Gasteiger partial charge on any atom is 0.407 e. The van der Waals surface area contributed by atoms with Gasteiger partial charge >= 0.3 is 6.09 Å². The lowest BCUT2D eigenvalue weighted by Gasteiger charge is -2.41. The molecule has 2 aliphatic rings. The first-order valence-corrected chi connectivity index (χ1v) is 11.1. The molecule has 0 saturated carbocycles. The standard InChI is InChI=1S/C20H32N4O5S/c1-12(20(2,3)4)29-14-7-13-8-24(19(26)27)16(10-23(13)9-14)17-21-15(11-30-17)18(25)22(5)28-6/h11-14,16H,7-10H2,1-6H3,(H,26,27)/t12?,13-,14-,16+/m1/s1. The summed E-state index contributed by atoms with van der Waals surface area (Å²) in [7, 11) is 2.92. The lowest BCUT2D eigenvalue weighted by atomic mass is 9.90. The smallest absolute Gasteiger partial charge is 0.407 e. The van der Waals surface area contributed by atoms with Crippen molar-refractivity contribution < 1.29 is 24.3 Å². The van der Waals surface area contributed by atoms with Crippen LogP contribution in [0.5, 0.6) is 0 Å². The average Bonchev–Trinajstić information content (AvgIpc) is 3.30. The Kier molecular flexibility index (Phi) is 6.71. The van der Waals surface area contributed by atoms with Gasteiger partial charge in [0, 0.05) is 38.1 Å². The molecule has 2 fully saturated rings. The van der Waals surface area contributed by atoms with Crippen LogP contribution in [0.25, 0.3) is 0 Å². The van der Waals surface area contributed by atoms with Crippen molar-refractivity contribution in [2.75, 3.05) is 33.8 Å². The van der Waals surface area contributed by atoms with Crippen LogP contribution >= 0.6 is 11.3 Å². The van der Waals surface area contributed by atoms with E-state index in [-0.39, 0.29) is 35.3 Å². The fourth-order valence-corrected chi connectivity index (χ4v) is 4.72. The molecule has 0 spiro atoms. The minimum absolute atomic E-state index is 0.0535. The lowest BCUT2D eigenvalue weighted by Crippen LogP contribution is -2.53. The highest BCUT2D eigenvalue weighted by atomic mass is 32.1. The van der Waals surface area contributed by atoms with Crippen LogP contribution in [-0.2, 0) is 9.57 Å². The van der Waals surface area contributed by atoms with E-state index < -0.39 is 12.1 Å². The summed E-state index contributed by atoms with van der Waals surface area (Å²) >= 11 is 1.31. The minimum atomic E-state index is -0.968. The first kappa shape index (κ1) is 22.9. The van der Waals surface area contributed by atoms with Gasteiger partial charge in [-0.1, -0.05) is 20.8 Å². The van der Waals surface area contributed by atoms with Gasteiger partial charge in [0.1, 0.15) is 10.7 Å². The molecule has 0 bridgehead atoms. The molecular formula is C20H32N4O5S. The zero-order valence-electron chi connectivity index (χ0n) is 18.5. The second-order valence-electron chi connectivity index (χ2n) is 9.12. The molecule has 2 amide bonds. The number of hydrogen-bond donors (Lipinski definition) is 1. The van der Waals surface area contributed by atoms with E-state index in [9.17, 15) is 14.7 Å². The highest BCUT2D eigenvalue weighted by molar-refractivity contribution is 7.09. The number of hydroxylamine groups is 2. The van der Waals surface area contributed by atoms with E-state index in [4.69, 9.17) is 9.57 Å². The molecular weight excluding hydrogens is 408 g/mol. The predicted octanol–water partition coefficient (Wildman–Crippen LogP) is 2.71. The summed E-state index contributed by atoms with van der Waals surface area (Å²) in [6, 6.07) is -0.271. The van der Waals surface area contributed by atoms with Crippen molar-refractivity contribution in [2.24, 2.45) is 5.41 Å². The van der Waals surface area contributed by atoms with Crippen LogP contribution in [0.1, 0.15) is 55.7 Å². The van der Waals surface area contributed by atoms with Gasteiger partial charge in [0.25, 0.3) is 5.91 Å². The van der Waals surface area contributed by atoms with Crippen molar-refractivity contribution >= 4 is 23.3 Å². The Balaban J connectivity index is 1.74. The Hall–Kier alpha value is -1.75. The maximum atomic E-state index is 12.3. The molecule has 1 aromatic heterocycles. The molecule has 0 radical (unpaired) electrons. The Morgan fingerprint density at radius 1 is 1.33 bits per heavy atom. The highest BCUT2D eigenvalue weighted by Gasteiger charge is 2.44. The third-order valence-corrected chi connectivity index (χ3v) is 7.07. The number of piperazine rings is 1. The van der Waals surface area contributed by atoms with E-state index in [1.54, 1.807) is 5.38 Å². The summed E-state index contributed by atoms with van der Waals surface area (Å²) in [5.74, 6) is -0.360. The van der Waals surface area contributed by atoms with Crippen molar-refractivity contribution in [3.8, 4) is 0 Å². The number of aromatic nitrogens is 1. The first-order chi connectivity index (χ1) is 14.0. The number of carbonyl (C=O) groups excluding carboxylic acids is 1. The molecule has 0 aliphatic carbocycles. The Morgan fingerprint density at radius 2 is 2.03 bits per heavy atom. The van der Waals surface area contributed by atoms with Crippen LogP contribution in [0, 0.1) is 5.41 Å². The average molecular weight is 441 g/mol. The minimum Gasteiger partial charge on any atom is -0.465 e. The zero-order valence-corrected chi connectivity index (χ0v) is 19.3. The molecule has 4 atom stereocenters. The molecule has 10 heteroatoms. The molecule has 0 aromatic carbocycles. The number of fused-ring (bicyclic) bond motifs is 1. The summed E-state index contributed by atoms with van der Waals surface area (Å²) in [4.78, 5) is 37.4. The van der Waals surface area contributed by atoms with Crippen molar-refractivity contribution in [1.82, 2.24) is 19.8 Å². The Morgan fingerprint density at radius 3 is 2.63 bits per heavy atom. The maximum absolute atomic E-state index is 12.3. The lowest BCUT2D eigenvalue weighted by molar-refractivity contribution is -0.0760. The number of rotatable bonds is 5. The van der Waals surface area contributed by atoms with Crippen LogP contribution in [0.4, 0.5) is 4.79 Å². The van der Waals surface area contributed by atoms with Gasteiger partial charge in [0.05, 0.1) is 25.4 Å². The van der Waals surface area contributed by atoms with Crippen molar-refractivity contribution in [2.45, 2.75) is 58.4 Å². The molecule has 1 unspecified atom stereocenters. The molecule has 3 rings (SSSR count). The van der Waals surface area contributed by atoms with Crippen LogP contribution in [0.15, 0.2) is 5.38 Å². The number of amides is 2. The number of thiazole rings is 1. The molecule has 2 saturated heterocycles. The Labute approximate surface area is 181 Å². The summed E-state index contributed by atoms with van der Waals surface area (Å²) < 4.78 is 6.29. The van der Waals surface area contributed by atoms with Crippen molar-refractivity contribution in [1.29, 1.82) is 0 Å². The molecule has 9 nitrogen and oxygen atoms in total. The van der Waals surface area contributed by atoms with E-state index in [0.717, 1.165) is 18.0 Å². The normalized spacial score (nSPS) is 25.8. The third kappa shape index (κ3) is 4.77. The number of hydrogen-bond acceptors (Lipinski definition) is 7. The van der Waals surface area contributed by atoms with Crippen LogP contribution in [0.2, 0.25) is 0 Å². The summed E-state index contributed by atoms with van der Waals surface area (Å²) in [5, 5.41) is 13.2. The Bertz CT molecular complexity index is 779. The van der Waals surface area contributed by atoms with E-state index in [1.165, 1.54) is 30.4 Å². The monoisotopic (exact) mass is 440 g/mol. The van der Waals surface area contributed by atoms with E-state index in [2.05, 4.69) is 37.6 Å². The molecule has 1 N–H and O–H groups in total. The number of carboxylic acid groups (broad SMARTS) is 1. The van der Waals surface area contributed by atoms with E-state index in [1.807, 2.05) is 0 Å².